The molecule has 2 aliphatic heterocycles. The summed E-state index contributed by atoms with van der Waals surface area (Å²) < 4.78 is 15.8. The largest absolute Gasteiger partial charge is 0.466 e. The van der Waals surface area contributed by atoms with Crippen LogP contribution in [0.3, 0.4) is 0 Å². The standard InChI is InChI=1S/C17H21NO5/c1-2-22-15(19)14-8-18(10-17(14)11-21-12-17)16(20)23-9-13-6-4-3-5-7-13/h3-7,14H,2,8-12H2,1H3. The Balaban J connectivity index is 1.60. The molecule has 6 heteroatoms. The van der Waals surface area contributed by atoms with Gasteiger partial charge in [0.1, 0.15) is 6.61 Å². The van der Waals surface area contributed by atoms with Crippen molar-refractivity contribution in [1.82, 2.24) is 4.90 Å². The van der Waals surface area contributed by atoms with Gasteiger partial charge in [-0.3, -0.25) is 4.79 Å². The Kier molecular flexibility index (Phi) is 4.52. The zero-order valence-corrected chi connectivity index (χ0v) is 13.2. The number of likely N-dealkylation sites (tertiary alicyclic amines) is 1. The molecule has 0 radical (unpaired) electrons. The molecule has 6 nitrogen and oxygen atoms in total. The molecule has 124 valence electrons. The minimum absolute atomic E-state index is 0.226. The summed E-state index contributed by atoms with van der Waals surface area (Å²) in [4.78, 5) is 26.0. The third-order valence-corrected chi connectivity index (χ3v) is 4.46. The molecule has 2 aliphatic rings. The van der Waals surface area contributed by atoms with Crippen molar-refractivity contribution in [3.63, 3.8) is 0 Å². The van der Waals surface area contributed by atoms with Crippen LogP contribution in [-0.2, 0) is 25.6 Å². The van der Waals surface area contributed by atoms with E-state index in [1.807, 2.05) is 30.3 Å². The van der Waals surface area contributed by atoms with Gasteiger partial charge in [0.25, 0.3) is 0 Å². The molecule has 0 bridgehead atoms. The zero-order chi connectivity index (χ0) is 16.3. The normalized spacial score (nSPS) is 21.8. The lowest BCUT2D eigenvalue weighted by atomic mass is 9.76. The van der Waals surface area contributed by atoms with Crippen LogP contribution in [0.2, 0.25) is 0 Å². The maximum atomic E-state index is 12.3. The fraction of sp³-hybridized carbons (Fsp3) is 0.529. The molecule has 0 aromatic heterocycles. The molecule has 1 spiro atoms. The summed E-state index contributed by atoms with van der Waals surface area (Å²) in [6, 6.07) is 9.52. The number of carbonyl (C=O) groups excluding carboxylic acids is 2. The third-order valence-electron chi connectivity index (χ3n) is 4.46. The molecule has 2 fully saturated rings. The Labute approximate surface area is 135 Å². The second-order valence-electron chi connectivity index (χ2n) is 6.08. The molecule has 1 aromatic rings. The van der Waals surface area contributed by atoms with E-state index >= 15 is 0 Å². The predicted molar refractivity (Wildman–Crippen MR) is 81.6 cm³/mol. The first-order chi connectivity index (χ1) is 11.1. The number of hydrogen-bond acceptors (Lipinski definition) is 5. The first kappa shape index (κ1) is 15.8. The predicted octanol–water partition coefficient (Wildman–Crippen LogP) is 1.83. The molecule has 1 aromatic carbocycles. The Morgan fingerprint density at radius 3 is 2.61 bits per heavy atom. The van der Waals surface area contributed by atoms with Crippen LogP contribution in [0.4, 0.5) is 4.79 Å². The summed E-state index contributed by atoms with van der Waals surface area (Å²) in [7, 11) is 0. The van der Waals surface area contributed by atoms with Gasteiger partial charge < -0.3 is 19.1 Å². The van der Waals surface area contributed by atoms with E-state index in [0.29, 0.717) is 32.9 Å². The van der Waals surface area contributed by atoms with Gasteiger partial charge >= 0.3 is 12.1 Å². The van der Waals surface area contributed by atoms with Crippen molar-refractivity contribution in [2.45, 2.75) is 13.5 Å². The zero-order valence-electron chi connectivity index (χ0n) is 13.2. The van der Waals surface area contributed by atoms with Gasteiger partial charge in [0.05, 0.1) is 25.7 Å². The number of rotatable bonds is 4. The van der Waals surface area contributed by atoms with Gasteiger partial charge in [-0.15, -0.1) is 0 Å². The second kappa shape index (κ2) is 6.58. The van der Waals surface area contributed by atoms with Crippen molar-refractivity contribution in [1.29, 1.82) is 0 Å². The molecule has 1 atom stereocenters. The molecular formula is C17H21NO5. The number of hydrogen-bond donors (Lipinski definition) is 0. The summed E-state index contributed by atoms with van der Waals surface area (Å²) in [6.07, 6.45) is -0.396. The molecular weight excluding hydrogens is 298 g/mol. The van der Waals surface area contributed by atoms with Crippen molar-refractivity contribution >= 4 is 12.1 Å². The molecule has 0 aliphatic carbocycles. The van der Waals surface area contributed by atoms with Gasteiger partial charge in [0, 0.05) is 18.5 Å². The molecule has 23 heavy (non-hydrogen) atoms. The third kappa shape index (κ3) is 3.17. The van der Waals surface area contributed by atoms with Crippen molar-refractivity contribution in [3.8, 4) is 0 Å². The van der Waals surface area contributed by atoms with Crippen LogP contribution in [-0.4, -0.2) is 49.9 Å². The number of amides is 1. The van der Waals surface area contributed by atoms with Crippen molar-refractivity contribution in [2.75, 3.05) is 32.9 Å². The van der Waals surface area contributed by atoms with Gasteiger partial charge in [0.15, 0.2) is 0 Å². The lowest BCUT2D eigenvalue weighted by Gasteiger charge is -2.40. The second-order valence-corrected chi connectivity index (χ2v) is 6.08. The molecule has 0 saturated carbocycles. The highest BCUT2D eigenvalue weighted by Gasteiger charge is 2.57. The summed E-state index contributed by atoms with van der Waals surface area (Å²) in [6.45, 7) is 4.12. The van der Waals surface area contributed by atoms with Crippen LogP contribution in [0.15, 0.2) is 30.3 Å². The Bertz CT molecular complexity index is 570. The number of nitrogens with zero attached hydrogens (tertiary/aromatic N) is 1. The molecule has 2 saturated heterocycles. The fourth-order valence-corrected chi connectivity index (χ4v) is 3.14. The lowest BCUT2D eigenvalue weighted by Crippen LogP contribution is -2.51. The van der Waals surface area contributed by atoms with Gasteiger partial charge in [0.2, 0.25) is 0 Å². The maximum Gasteiger partial charge on any atom is 0.410 e. The highest BCUT2D eigenvalue weighted by Crippen LogP contribution is 2.43. The van der Waals surface area contributed by atoms with E-state index in [9.17, 15) is 9.59 Å². The fourth-order valence-electron chi connectivity index (χ4n) is 3.14. The number of esters is 1. The van der Waals surface area contributed by atoms with Crippen molar-refractivity contribution in [2.24, 2.45) is 11.3 Å². The average molecular weight is 319 g/mol. The van der Waals surface area contributed by atoms with Gasteiger partial charge in [-0.2, -0.15) is 0 Å². The molecule has 1 unspecified atom stereocenters. The quantitative estimate of drug-likeness (QED) is 0.792. The van der Waals surface area contributed by atoms with Crippen molar-refractivity contribution in [3.05, 3.63) is 35.9 Å². The summed E-state index contributed by atoms with van der Waals surface area (Å²) in [5.41, 5.74) is 0.626. The van der Waals surface area contributed by atoms with Gasteiger partial charge in [-0.1, -0.05) is 30.3 Å². The number of carbonyl (C=O) groups is 2. The number of ether oxygens (including phenoxy) is 3. The summed E-state index contributed by atoms with van der Waals surface area (Å²) in [5, 5.41) is 0. The Morgan fingerprint density at radius 2 is 2.00 bits per heavy atom. The van der Waals surface area contributed by atoms with Crippen LogP contribution < -0.4 is 0 Å². The van der Waals surface area contributed by atoms with Crippen LogP contribution in [0.5, 0.6) is 0 Å². The van der Waals surface area contributed by atoms with Crippen LogP contribution in [0, 0.1) is 11.3 Å². The summed E-state index contributed by atoms with van der Waals surface area (Å²) >= 11 is 0. The topological polar surface area (TPSA) is 65.1 Å². The van der Waals surface area contributed by atoms with E-state index < -0.39 is 6.09 Å². The van der Waals surface area contributed by atoms with E-state index in [2.05, 4.69) is 0 Å². The minimum Gasteiger partial charge on any atom is -0.466 e. The van der Waals surface area contributed by atoms with E-state index in [4.69, 9.17) is 14.2 Å². The SMILES string of the molecule is CCOC(=O)C1CN(C(=O)OCc2ccccc2)CC12COC2. The van der Waals surface area contributed by atoms with Crippen LogP contribution in [0.1, 0.15) is 12.5 Å². The number of benzene rings is 1. The smallest absolute Gasteiger partial charge is 0.410 e. The van der Waals surface area contributed by atoms with E-state index in [1.165, 1.54) is 0 Å². The average Bonchev–Trinajstić information content (AvgIpc) is 2.95. The summed E-state index contributed by atoms with van der Waals surface area (Å²) in [5.74, 6) is -0.588. The molecule has 1 amide bonds. The maximum absolute atomic E-state index is 12.3. The molecule has 2 heterocycles. The molecule has 0 N–H and O–H groups in total. The van der Waals surface area contributed by atoms with E-state index in [-0.39, 0.29) is 23.9 Å². The first-order valence-electron chi connectivity index (χ1n) is 7.84. The minimum atomic E-state index is -0.396. The molecule has 3 rings (SSSR count). The highest BCUT2D eigenvalue weighted by molar-refractivity contribution is 5.77. The van der Waals surface area contributed by atoms with E-state index in [1.54, 1.807) is 11.8 Å². The Morgan fingerprint density at radius 1 is 1.26 bits per heavy atom. The lowest BCUT2D eigenvalue weighted by molar-refractivity contribution is -0.169. The van der Waals surface area contributed by atoms with E-state index in [0.717, 1.165) is 5.56 Å². The van der Waals surface area contributed by atoms with Crippen molar-refractivity contribution < 1.29 is 23.8 Å². The van der Waals surface area contributed by atoms with Gasteiger partial charge in [-0.25, -0.2) is 4.79 Å². The Hall–Kier alpha value is -2.08. The van der Waals surface area contributed by atoms with Crippen LogP contribution in [0.25, 0.3) is 0 Å². The first-order valence-corrected chi connectivity index (χ1v) is 7.84. The highest BCUT2D eigenvalue weighted by atomic mass is 16.6. The van der Waals surface area contributed by atoms with Crippen LogP contribution >= 0.6 is 0 Å². The monoisotopic (exact) mass is 319 g/mol. The van der Waals surface area contributed by atoms with Gasteiger partial charge in [-0.05, 0) is 12.5 Å².